The number of rotatable bonds is 6. The molecule has 0 aliphatic carbocycles. The zero-order chi connectivity index (χ0) is 16.1. The van der Waals surface area contributed by atoms with Crippen molar-refractivity contribution in [1.29, 1.82) is 0 Å². The van der Waals surface area contributed by atoms with Gasteiger partial charge in [-0.3, -0.25) is 4.79 Å². The van der Waals surface area contributed by atoms with Gasteiger partial charge in [-0.15, -0.1) is 0 Å². The summed E-state index contributed by atoms with van der Waals surface area (Å²) in [7, 11) is 0. The Bertz CT molecular complexity index is 780. The van der Waals surface area contributed by atoms with E-state index in [1.54, 1.807) is 18.4 Å². The lowest BCUT2D eigenvalue weighted by Crippen LogP contribution is -2.37. The van der Waals surface area contributed by atoms with Gasteiger partial charge in [0.05, 0.1) is 11.8 Å². The van der Waals surface area contributed by atoms with Gasteiger partial charge in [-0.2, -0.15) is 0 Å². The maximum Gasteiger partial charge on any atom is 0.252 e. The Labute approximate surface area is 135 Å². The summed E-state index contributed by atoms with van der Waals surface area (Å²) in [5, 5.41) is 3.73. The number of fused-ring (bicyclic) bond motifs is 1. The minimum Gasteiger partial charge on any atom is -0.464 e. The summed E-state index contributed by atoms with van der Waals surface area (Å²) in [5.41, 5.74) is 8.70. The molecule has 0 aliphatic heterocycles. The average Bonchev–Trinajstić information content (AvgIpc) is 3.07. The summed E-state index contributed by atoms with van der Waals surface area (Å²) in [5.74, 6) is -0.118. The van der Waals surface area contributed by atoms with E-state index in [2.05, 4.69) is 17.4 Å². The Hall–Kier alpha value is -2.59. The van der Waals surface area contributed by atoms with E-state index in [0.717, 1.165) is 18.2 Å². The van der Waals surface area contributed by atoms with Crippen LogP contribution in [0, 0.1) is 0 Å². The molecule has 1 amide bonds. The highest BCUT2D eigenvalue weighted by molar-refractivity contribution is 6.05. The Morgan fingerprint density at radius 1 is 1.09 bits per heavy atom. The van der Waals surface area contributed by atoms with Crippen LogP contribution >= 0.6 is 0 Å². The summed E-state index contributed by atoms with van der Waals surface area (Å²) in [6, 6.07) is 17.4. The monoisotopic (exact) mass is 308 g/mol. The lowest BCUT2D eigenvalue weighted by atomic mass is 10.1. The molecule has 0 unspecified atom stereocenters. The molecule has 3 aromatic rings. The minimum atomic E-state index is -0.118. The first-order valence-corrected chi connectivity index (χ1v) is 7.78. The first kappa shape index (κ1) is 15.3. The van der Waals surface area contributed by atoms with Gasteiger partial charge >= 0.3 is 0 Å². The number of hydrogen-bond donors (Lipinski definition) is 2. The minimum absolute atomic E-state index is 0.0669. The van der Waals surface area contributed by atoms with Gasteiger partial charge < -0.3 is 15.5 Å². The molecule has 0 saturated carbocycles. The van der Waals surface area contributed by atoms with Crippen LogP contribution in [0.15, 0.2) is 65.3 Å². The Morgan fingerprint density at radius 3 is 2.74 bits per heavy atom. The molecule has 1 aromatic heterocycles. The van der Waals surface area contributed by atoms with E-state index in [9.17, 15) is 4.79 Å². The largest absolute Gasteiger partial charge is 0.464 e. The highest BCUT2D eigenvalue weighted by Crippen LogP contribution is 2.19. The van der Waals surface area contributed by atoms with E-state index in [-0.39, 0.29) is 11.9 Å². The highest BCUT2D eigenvalue weighted by atomic mass is 16.3. The molecule has 1 heterocycles. The number of amides is 1. The second kappa shape index (κ2) is 7.11. The fraction of sp³-hybridized carbons (Fsp3) is 0.211. The SMILES string of the molecule is N[C@@H](CCc1ccccc1)CNC(=O)c1cccc2occc12. The van der Waals surface area contributed by atoms with E-state index in [0.29, 0.717) is 17.7 Å². The standard InChI is InChI=1S/C19H20N2O2/c20-15(10-9-14-5-2-1-3-6-14)13-21-19(22)17-7-4-8-18-16(17)11-12-23-18/h1-8,11-12,15H,9-10,13,20H2,(H,21,22)/t15-/m0/s1. The maximum absolute atomic E-state index is 12.3. The van der Waals surface area contributed by atoms with Crippen LogP contribution in [0.1, 0.15) is 22.3 Å². The van der Waals surface area contributed by atoms with Crippen LogP contribution in [0.2, 0.25) is 0 Å². The topological polar surface area (TPSA) is 68.3 Å². The number of hydrogen-bond acceptors (Lipinski definition) is 3. The summed E-state index contributed by atoms with van der Waals surface area (Å²) in [4.78, 5) is 12.3. The zero-order valence-electron chi connectivity index (χ0n) is 12.9. The third-order valence-electron chi connectivity index (χ3n) is 3.91. The summed E-state index contributed by atoms with van der Waals surface area (Å²) < 4.78 is 5.32. The van der Waals surface area contributed by atoms with Crippen molar-refractivity contribution in [2.45, 2.75) is 18.9 Å². The van der Waals surface area contributed by atoms with E-state index in [1.807, 2.05) is 30.3 Å². The molecule has 0 spiro atoms. The van der Waals surface area contributed by atoms with Crippen molar-refractivity contribution in [2.24, 2.45) is 5.73 Å². The molecule has 3 rings (SSSR count). The summed E-state index contributed by atoms with van der Waals surface area (Å²) in [6.45, 7) is 0.458. The molecule has 0 fully saturated rings. The lowest BCUT2D eigenvalue weighted by molar-refractivity contribution is 0.0952. The molecule has 3 N–H and O–H groups in total. The fourth-order valence-electron chi connectivity index (χ4n) is 2.61. The van der Waals surface area contributed by atoms with Crippen molar-refractivity contribution in [1.82, 2.24) is 5.32 Å². The Kier molecular flexibility index (Phi) is 4.74. The zero-order valence-corrected chi connectivity index (χ0v) is 12.9. The van der Waals surface area contributed by atoms with Crippen molar-refractivity contribution in [3.05, 3.63) is 72.0 Å². The lowest BCUT2D eigenvalue weighted by Gasteiger charge is -2.13. The van der Waals surface area contributed by atoms with Crippen LogP contribution in [0.5, 0.6) is 0 Å². The van der Waals surface area contributed by atoms with Crippen LogP contribution in [-0.2, 0) is 6.42 Å². The molecule has 0 aliphatic rings. The first-order chi connectivity index (χ1) is 11.2. The molecule has 0 radical (unpaired) electrons. The third-order valence-corrected chi connectivity index (χ3v) is 3.91. The van der Waals surface area contributed by atoms with Gasteiger partial charge in [0.1, 0.15) is 5.58 Å². The van der Waals surface area contributed by atoms with E-state index in [1.165, 1.54) is 5.56 Å². The molecule has 0 saturated heterocycles. The molecule has 0 bridgehead atoms. The van der Waals surface area contributed by atoms with E-state index >= 15 is 0 Å². The quantitative estimate of drug-likeness (QED) is 0.735. The number of carbonyl (C=O) groups excluding carboxylic acids is 1. The van der Waals surface area contributed by atoms with Crippen molar-refractivity contribution >= 4 is 16.9 Å². The normalized spacial score (nSPS) is 12.2. The first-order valence-electron chi connectivity index (χ1n) is 7.78. The highest BCUT2D eigenvalue weighted by Gasteiger charge is 2.12. The van der Waals surface area contributed by atoms with Crippen LogP contribution in [0.3, 0.4) is 0 Å². The van der Waals surface area contributed by atoms with Gasteiger partial charge in [-0.1, -0.05) is 36.4 Å². The number of benzene rings is 2. The van der Waals surface area contributed by atoms with Crippen molar-refractivity contribution < 1.29 is 9.21 Å². The molecule has 23 heavy (non-hydrogen) atoms. The Morgan fingerprint density at radius 2 is 1.91 bits per heavy atom. The van der Waals surface area contributed by atoms with Crippen LogP contribution in [0.25, 0.3) is 11.0 Å². The molecule has 4 nitrogen and oxygen atoms in total. The second-order valence-corrected chi connectivity index (χ2v) is 5.63. The smallest absolute Gasteiger partial charge is 0.252 e. The van der Waals surface area contributed by atoms with Crippen molar-refractivity contribution in [3.63, 3.8) is 0 Å². The van der Waals surface area contributed by atoms with Gasteiger partial charge in [-0.05, 0) is 36.6 Å². The van der Waals surface area contributed by atoms with Gasteiger partial charge in [0, 0.05) is 18.0 Å². The second-order valence-electron chi connectivity index (χ2n) is 5.63. The number of furan rings is 1. The van der Waals surface area contributed by atoms with Gasteiger partial charge in [-0.25, -0.2) is 0 Å². The van der Waals surface area contributed by atoms with Crippen LogP contribution < -0.4 is 11.1 Å². The molecule has 4 heteroatoms. The Balaban J connectivity index is 1.53. The average molecular weight is 308 g/mol. The predicted octanol–water partition coefficient (Wildman–Crippen LogP) is 3.12. The molecule has 118 valence electrons. The third kappa shape index (κ3) is 3.79. The fourth-order valence-corrected chi connectivity index (χ4v) is 2.61. The summed E-state index contributed by atoms with van der Waals surface area (Å²) >= 11 is 0. The molecular weight excluding hydrogens is 288 g/mol. The maximum atomic E-state index is 12.3. The molecule has 2 aromatic carbocycles. The van der Waals surface area contributed by atoms with Crippen LogP contribution in [-0.4, -0.2) is 18.5 Å². The van der Waals surface area contributed by atoms with Crippen molar-refractivity contribution in [2.75, 3.05) is 6.54 Å². The molecular formula is C19H20N2O2. The predicted molar refractivity (Wildman–Crippen MR) is 91.3 cm³/mol. The number of nitrogens with one attached hydrogen (secondary N) is 1. The summed E-state index contributed by atoms with van der Waals surface area (Å²) in [6.07, 6.45) is 3.34. The van der Waals surface area contributed by atoms with E-state index in [4.69, 9.17) is 10.2 Å². The van der Waals surface area contributed by atoms with Gasteiger partial charge in [0.2, 0.25) is 0 Å². The van der Waals surface area contributed by atoms with Crippen LogP contribution in [0.4, 0.5) is 0 Å². The molecule has 1 atom stereocenters. The number of aryl methyl sites for hydroxylation is 1. The van der Waals surface area contributed by atoms with Gasteiger partial charge in [0.25, 0.3) is 5.91 Å². The van der Waals surface area contributed by atoms with Crippen molar-refractivity contribution in [3.8, 4) is 0 Å². The van der Waals surface area contributed by atoms with Gasteiger partial charge in [0.15, 0.2) is 0 Å². The number of carbonyl (C=O) groups is 1. The number of nitrogens with two attached hydrogens (primary N) is 1. The van der Waals surface area contributed by atoms with E-state index < -0.39 is 0 Å².